The maximum atomic E-state index is 12.9. The fourth-order valence-corrected chi connectivity index (χ4v) is 3.43. The molecular weight excluding hydrogens is 426 g/mol. The predicted octanol–water partition coefficient (Wildman–Crippen LogP) is 1.90. The van der Waals surface area contributed by atoms with Crippen LogP contribution < -0.4 is 25.1 Å². The third-order valence-corrected chi connectivity index (χ3v) is 5.13. The Kier molecular flexibility index (Phi) is 6.25. The molecule has 0 saturated carbocycles. The Labute approximate surface area is 189 Å². The van der Waals surface area contributed by atoms with Gasteiger partial charge < -0.3 is 19.5 Å². The number of hydrogen-bond donors (Lipinski definition) is 1. The van der Waals surface area contributed by atoms with Crippen molar-refractivity contribution >= 4 is 11.4 Å². The average Bonchev–Trinajstić information content (AvgIpc) is 3.29. The summed E-state index contributed by atoms with van der Waals surface area (Å²) in [7, 11) is 4.68. The molecule has 0 aliphatic carbocycles. The molecule has 1 N–H and O–H groups in total. The van der Waals surface area contributed by atoms with Crippen LogP contribution in [0.5, 0.6) is 17.2 Å². The van der Waals surface area contributed by atoms with Crippen molar-refractivity contribution in [2.75, 3.05) is 21.3 Å². The summed E-state index contributed by atoms with van der Waals surface area (Å²) in [5, 5.41) is 11.3. The number of carbonyl (C=O) groups excluding carboxylic acids is 1. The van der Waals surface area contributed by atoms with Gasteiger partial charge in [0, 0.05) is 17.7 Å². The molecule has 2 aromatic carbocycles. The first-order valence-corrected chi connectivity index (χ1v) is 10.1. The Morgan fingerprint density at radius 1 is 1.03 bits per heavy atom. The highest BCUT2D eigenvalue weighted by molar-refractivity contribution is 5.76. The van der Waals surface area contributed by atoms with E-state index in [2.05, 4.69) is 15.5 Å². The highest BCUT2D eigenvalue weighted by Crippen LogP contribution is 2.30. The lowest BCUT2D eigenvalue weighted by molar-refractivity contribution is -0.122. The zero-order valence-electron chi connectivity index (χ0n) is 18.4. The van der Waals surface area contributed by atoms with Gasteiger partial charge in [0.25, 0.3) is 5.56 Å². The number of para-hydroxylation sites is 1. The molecule has 4 rings (SSSR count). The normalized spacial score (nSPS) is 10.8. The van der Waals surface area contributed by atoms with Gasteiger partial charge in [-0.2, -0.15) is 10.2 Å². The van der Waals surface area contributed by atoms with E-state index < -0.39 is 5.56 Å². The van der Waals surface area contributed by atoms with Crippen LogP contribution in [0.2, 0.25) is 0 Å². The fourth-order valence-electron chi connectivity index (χ4n) is 3.43. The lowest BCUT2D eigenvalue weighted by Gasteiger charge is -2.13. The van der Waals surface area contributed by atoms with Gasteiger partial charge in [0.05, 0.1) is 27.0 Å². The highest BCUT2D eigenvalue weighted by atomic mass is 16.5. The molecule has 0 bridgehead atoms. The van der Waals surface area contributed by atoms with Crippen molar-refractivity contribution in [1.82, 2.24) is 24.7 Å². The molecule has 170 valence electrons. The molecule has 0 spiro atoms. The second-order valence-electron chi connectivity index (χ2n) is 7.11. The van der Waals surface area contributed by atoms with Crippen molar-refractivity contribution in [1.29, 1.82) is 0 Å². The van der Waals surface area contributed by atoms with E-state index >= 15 is 0 Å². The van der Waals surface area contributed by atoms with Crippen molar-refractivity contribution in [3.05, 3.63) is 70.8 Å². The van der Waals surface area contributed by atoms with E-state index in [-0.39, 0.29) is 19.0 Å². The van der Waals surface area contributed by atoms with Gasteiger partial charge in [0.1, 0.15) is 24.1 Å². The van der Waals surface area contributed by atoms with Gasteiger partial charge in [-0.05, 0) is 36.4 Å². The molecule has 10 nitrogen and oxygen atoms in total. The summed E-state index contributed by atoms with van der Waals surface area (Å²) >= 11 is 0. The van der Waals surface area contributed by atoms with E-state index in [1.807, 2.05) is 36.4 Å². The Hall–Kier alpha value is -4.34. The quantitative estimate of drug-likeness (QED) is 0.438. The number of aromatic nitrogens is 4. The van der Waals surface area contributed by atoms with Crippen LogP contribution in [0.4, 0.5) is 0 Å². The van der Waals surface area contributed by atoms with Gasteiger partial charge in [0.2, 0.25) is 5.91 Å². The highest BCUT2D eigenvalue weighted by Gasteiger charge is 2.14. The smallest absolute Gasteiger partial charge is 0.293 e. The molecular formula is C23H23N5O5. The van der Waals surface area contributed by atoms with Crippen LogP contribution in [0.15, 0.2) is 59.7 Å². The van der Waals surface area contributed by atoms with Gasteiger partial charge in [-0.3, -0.25) is 9.59 Å². The standard InChI is InChI=1S/C23H23N5O5/c1-31-17-9-7-15(8-10-17)18-11-19-23(30)27(25-14-28(19)26-18)13-21(29)24-12-16-5-4-6-20(32-2)22(16)33-3/h4-11,14H,12-13H2,1-3H3,(H,24,29). The summed E-state index contributed by atoms with van der Waals surface area (Å²) in [5.41, 5.74) is 2.09. The van der Waals surface area contributed by atoms with Crippen LogP contribution in [0.3, 0.4) is 0 Å². The van der Waals surface area contributed by atoms with Crippen LogP contribution in [-0.4, -0.2) is 46.6 Å². The predicted molar refractivity (Wildman–Crippen MR) is 121 cm³/mol. The second kappa shape index (κ2) is 9.43. The van der Waals surface area contributed by atoms with E-state index in [0.717, 1.165) is 21.6 Å². The number of rotatable bonds is 8. The summed E-state index contributed by atoms with van der Waals surface area (Å²) in [6.07, 6.45) is 1.40. The Morgan fingerprint density at radius 3 is 2.52 bits per heavy atom. The van der Waals surface area contributed by atoms with Crippen LogP contribution in [-0.2, 0) is 17.9 Å². The molecule has 0 radical (unpaired) electrons. The van der Waals surface area contributed by atoms with Gasteiger partial charge >= 0.3 is 0 Å². The van der Waals surface area contributed by atoms with Crippen molar-refractivity contribution in [3.8, 4) is 28.5 Å². The molecule has 0 fully saturated rings. The van der Waals surface area contributed by atoms with E-state index in [1.165, 1.54) is 18.0 Å². The number of nitrogens with one attached hydrogen (secondary N) is 1. The van der Waals surface area contributed by atoms with E-state index in [4.69, 9.17) is 14.2 Å². The number of fused-ring (bicyclic) bond motifs is 1. The molecule has 33 heavy (non-hydrogen) atoms. The van der Waals surface area contributed by atoms with E-state index in [1.54, 1.807) is 26.4 Å². The fraction of sp³-hybridized carbons (Fsp3) is 0.217. The molecule has 0 saturated heterocycles. The van der Waals surface area contributed by atoms with Crippen molar-refractivity contribution in [3.63, 3.8) is 0 Å². The molecule has 0 aliphatic rings. The SMILES string of the molecule is COc1ccc(-c2cc3c(=O)n(CC(=O)NCc4cccc(OC)c4OC)ncn3n2)cc1. The minimum Gasteiger partial charge on any atom is -0.497 e. The minimum absolute atomic E-state index is 0.213. The first kappa shape index (κ1) is 21.9. The topological polar surface area (TPSA) is 109 Å². The van der Waals surface area contributed by atoms with Crippen molar-refractivity contribution in [2.24, 2.45) is 0 Å². The molecule has 4 aromatic rings. The third-order valence-electron chi connectivity index (χ3n) is 5.13. The molecule has 10 heteroatoms. The largest absolute Gasteiger partial charge is 0.497 e. The molecule has 2 aromatic heterocycles. The van der Waals surface area contributed by atoms with Crippen LogP contribution >= 0.6 is 0 Å². The summed E-state index contributed by atoms with van der Waals surface area (Å²) in [4.78, 5) is 25.4. The average molecular weight is 449 g/mol. The number of benzene rings is 2. The molecule has 0 unspecified atom stereocenters. The Bertz CT molecular complexity index is 1340. The number of nitrogens with zero attached hydrogens (tertiary/aromatic N) is 4. The number of hydrogen-bond acceptors (Lipinski definition) is 7. The number of amides is 1. The summed E-state index contributed by atoms with van der Waals surface area (Å²) in [5.74, 6) is 1.47. The van der Waals surface area contributed by atoms with Crippen LogP contribution in [0.1, 0.15) is 5.56 Å². The lowest BCUT2D eigenvalue weighted by Crippen LogP contribution is -2.34. The minimum atomic E-state index is -0.418. The first-order valence-electron chi connectivity index (χ1n) is 10.1. The zero-order valence-corrected chi connectivity index (χ0v) is 18.4. The van der Waals surface area contributed by atoms with Crippen molar-refractivity contribution in [2.45, 2.75) is 13.1 Å². The molecule has 1 amide bonds. The van der Waals surface area contributed by atoms with E-state index in [0.29, 0.717) is 22.7 Å². The number of methoxy groups -OCH3 is 3. The van der Waals surface area contributed by atoms with Crippen molar-refractivity contribution < 1.29 is 19.0 Å². The van der Waals surface area contributed by atoms with Gasteiger partial charge in [-0.25, -0.2) is 9.20 Å². The summed E-state index contributed by atoms with van der Waals surface area (Å²) < 4.78 is 18.3. The Morgan fingerprint density at radius 2 is 1.82 bits per heavy atom. The zero-order chi connectivity index (χ0) is 23.4. The van der Waals surface area contributed by atoms with Gasteiger partial charge in [0.15, 0.2) is 11.5 Å². The monoisotopic (exact) mass is 449 g/mol. The van der Waals surface area contributed by atoms with Gasteiger partial charge in [-0.1, -0.05) is 12.1 Å². The number of ether oxygens (including phenoxy) is 3. The van der Waals surface area contributed by atoms with Crippen LogP contribution in [0.25, 0.3) is 16.8 Å². The maximum Gasteiger partial charge on any atom is 0.293 e. The number of carbonyl (C=O) groups is 1. The molecule has 0 aliphatic heterocycles. The van der Waals surface area contributed by atoms with Crippen LogP contribution in [0, 0.1) is 0 Å². The Balaban J connectivity index is 1.50. The third kappa shape index (κ3) is 4.49. The lowest BCUT2D eigenvalue weighted by atomic mass is 10.1. The maximum absolute atomic E-state index is 12.9. The first-order chi connectivity index (χ1) is 16.0. The molecule has 2 heterocycles. The molecule has 0 atom stereocenters. The summed E-state index contributed by atoms with van der Waals surface area (Å²) in [6, 6.07) is 14.4. The van der Waals surface area contributed by atoms with Gasteiger partial charge in [-0.15, -0.1) is 0 Å². The second-order valence-corrected chi connectivity index (χ2v) is 7.11. The van der Waals surface area contributed by atoms with E-state index in [9.17, 15) is 9.59 Å². The summed E-state index contributed by atoms with van der Waals surface area (Å²) in [6.45, 7) is -0.0187.